The normalized spacial score (nSPS) is 18.9. The van der Waals surface area contributed by atoms with Crippen molar-refractivity contribution in [1.29, 1.82) is 0 Å². The van der Waals surface area contributed by atoms with Crippen LogP contribution in [0, 0.1) is 12.8 Å². The first kappa shape index (κ1) is 22.6. The fraction of sp³-hybridized carbons (Fsp3) is 0.364. The number of sulfonamides is 1. The summed E-state index contributed by atoms with van der Waals surface area (Å²) in [7, 11) is -3.83. The molecule has 2 N–H and O–H groups in total. The molecule has 0 aromatic heterocycles. The summed E-state index contributed by atoms with van der Waals surface area (Å²) in [5.41, 5.74) is 1.87. The molecule has 170 valence electrons. The van der Waals surface area contributed by atoms with Crippen molar-refractivity contribution in [2.45, 2.75) is 31.2 Å². The second kappa shape index (κ2) is 9.09. The molecule has 2 aromatic carbocycles. The number of rotatable bonds is 5. The minimum Gasteiger partial charge on any atom is -0.482 e. The molecule has 0 radical (unpaired) electrons. The first-order valence-corrected chi connectivity index (χ1v) is 12.2. The molecule has 2 aliphatic rings. The number of anilines is 1. The molecule has 0 saturated carbocycles. The minimum absolute atomic E-state index is 0.114. The van der Waals surface area contributed by atoms with Crippen LogP contribution in [0.3, 0.4) is 0 Å². The maximum atomic E-state index is 13.4. The summed E-state index contributed by atoms with van der Waals surface area (Å²) in [5, 5.41) is 6.20. The Kier molecular flexibility index (Phi) is 6.41. The van der Waals surface area contributed by atoms with Gasteiger partial charge in [-0.05, 0) is 49.1 Å². The number of hydrogen-bond acceptors (Lipinski definition) is 5. The Labute approximate surface area is 191 Å². The van der Waals surface area contributed by atoms with Crippen molar-refractivity contribution in [2.75, 3.05) is 25.0 Å². The van der Waals surface area contributed by atoms with Crippen molar-refractivity contribution in [3.05, 3.63) is 52.5 Å². The summed E-state index contributed by atoms with van der Waals surface area (Å²) < 4.78 is 33.5. The van der Waals surface area contributed by atoms with E-state index in [1.54, 1.807) is 25.1 Å². The SMILES string of the molecule is Cc1cc2c(cc1S(=O)(=O)N1CCCC(C(=O)NCc3ccc(Cl)cc3)C1)OCC(=O)N2. The van der Waals surface area contributed by atoms with E-state index >= 15 is 0 Å². The Morgan fingerprint density at radius 1 is 1.28 bits per heavy atom. The zero-order valence-corrected chi connectivity index (χ0v) is 19.1. The number of ether oxygens (including phenoxy) is 1. The predicted octanol–water partition coefficient (Wildman–Crippen LogP) is 2.70. The first-order chi connectivity index (χ1) is 15.2. The van der Waals surface area contributed by atoms with Crippen LogP contribution in [0.15, 0.2) is 41.3 Å². The maximum absolute atomic E-state index is 13.4. The number of fused-ring (bicyclic) bond motifs is 1. The highest BCUT2D eigenvalue weighted by atomic mass is 35.5. The van der Waals surface area contributed by atoms with Gasteiger partial charge in [-0.25, -0.2) is 8.42 Å². The third-order valence-electron chi connectivity index (χ3n) is 5.66. The molecule has 0 bridgehead atoms. The smallest absolute Gasteiger partial charge is 0.262 e. The van der Waals surface area contributed by atoms with Crippen molar-refractivity contribution in [1.82, 2.24) is 9.62 Å². The summed E-state index contributed by atoms with van der Waals surface area (Å²) in [6.45, 7) is 2.33. The van der Waals surface area contributed by atoms with Crippen LogP contribution in [-0.2, 0) is 26.2 Å². The number of aryl methyl sites for hydroxylation is 1. The second-order valence-electron chi connectivity index (χ2n) is 8.00. The van der Waals surface area contributed by atoms with Crippen LogP contribution in [0.4, 0.5) is 5.69 Å². The van der Waals surface area contributed by atoms with Gasteiger partial charge in [0.2, 0.25) is 15.9 Å². The number of amides is 2. The molecule has 2 heterocycles. The topological polar surface area (TPSA) is 105 Å². The van der Waals surface area contributed by atoms with Gasteiger partial charge in [0.25, 0.3) is 5.91 Å². The number of piperidine rings is 1. The predicted molar refractivity (Wildman–Crippen MR) is 120 cm³/mol. The highest BCUT2D eigenvalue weighted by molar-refractivity contribution is 7.89. The number of benzene rings is 2. The lowest BCUT2D eigenvalue weighted by molar-refractivity contribution is -0.126. The summed E-state index contributed by atoms with van der Waals surface area (Å²) in [6.07, 6.45) is 1.21. The van der Waals surface area contributed by atoms with Crippen LogP contribution in [0.1, 0.15) is 24.0 Å². The summed E-state index contributed by atoms with van der Waals surface area (Å²) >= 11 is 5.89. The Bertz CT molecular complexity index is 1150. The van der Waals surface area contributed by atoms with Gasteiger partial charge in [-0.2, -0.15) is 4.31 Å². The average Bonchev–Trinajstić information content (AvgIpc) is 2.78. The van der Waals surface area contributed by atoms with Gasteiger partial charge in [-0.1, -0.05) is 23.7 Å². The highest BCUT2D eigenvalue weighted by Crippen LogP contribution is 2.35. The van der Waals surface area contributed by atoms with Gasteiger partial charge in [0, 0.05) is 30.7 Å². The van der Waals surface area contributed by atoms with Gasteiger partial charge in [-0.15, -0.1) is 0 Å². The van der Waals surface area contributed by atoms with Gasteiger partial charge >= 0.3 is 0 Å². The van der Waals surface area contributed by atoms with Crippen LogP contribution in [0.25, 0.3) is 0 Å². The van der Waals surface area contributed by atoms with Crippen LogP contribution in [-0.4, -0.2) is 44.2 Å². The zero-order chi connectivity index (χ0) is 22.9. The van der Waals surface area contributed by atoms with E-state index in [0.717, 1.165) is 5.56 Å². The average molecular weight is 478 g/mol. The van der Waals surface area contributed by atoms with Crippen LogP contribution in [0.2, 0.25) is 5.02 Å². The second-order valence-corrected chi connectivity index (χ2v) is 10.3. The highest BCUT2D eigenvalue weighted by Gasteiger charge is 2.35. The summed E-state index contributed by atoms with van der Waals surface area (Å²) in [5.74, 6) is -0.564. The Morgan fingerprint density at radius 2 is 2.03 bits per heavy atom. The van der Waals surface area contributed by atoms with Crippen molar-refractivity contribution in [3.8, 4) is 5.75 Å². The van der Waals surface area contributed by atoms with E-state index in [-0.39, 0.29) is 29.9 Å². The number of halogens is 1. The molecule has 0 spiro atoms. The zero-order valence-electron chi connectivity index (χ0n) is 17.6. The van der Waals surface area contributed by atoms with E-state index < -0.39 is 15.9 Å². The summed E-state index contributed by atoms with van der Waals surface area (Å²) in [4.78, 5) is 24.4. The van der Waals surface area contributed by atoms with E-state index in [0.29, 0.717) is 48.0 Å². The van der Waals surface area contributed by atoms with E-state index in [9.17, 15) is 18.0 Å². The quantitative estimate of drug-likeness (QED) is 0.689. The van der Waals surface area contributed by atoms with Crippen molar-refractivity contribution in [2.24, 2.45) is 5.92 Å². The van der Waals surface area contributed by atoms with Crippen molar-refractivity contribution < 1.29 is 22.7 Å². The number of carbonyl (C=O) groups excluding carboxylic acids is 2. The van der Waals surface area contributed by atoms with Crippen LogP contribution in [0.5, 0.6) is 5.75 Å². The molecule has 32 heavy (non-hydrogen) atoms. The molecule has 1 fully saturated rings. The number of nitrogens with one attached hydrogen (secondary N) is 2. The van der Waals surface area contributed by atoms with Crippen LogP contribution >= 0.6 is 11.6 Å². The largest absolute Gasteiger partial charge is 0.482 e. The monoisotopic (exact) mass is 477 g/mol. The van der Waals surface area contributed by atoms with E-state index in [4.69, 9.17) is 16.3 Å². The molecule has 1 saturated heterocycles. The summed E-state index contributed by atoms with van der Waals surface area (Å²) in [6, 6.07) is 10.2. The molecule has 10 heteroatoms. The van der Waals surface area contributed by atoms with E-state index in [1.807, 2.05) is 12.1 Å². The minimum atomic E-state index is -3.83. The van der Waals surface area contributed by atoms with Gasteiger partial charge in [-0.3, -0.25) is 9.59 Å². The molecule has 4 rings (SSSR count). The molecule has 0 aliphatic carbocycles. The van der Waals surface area contributed by atoms with Crippen molar-refractivity contribution in [3.63, 3.8) is 0 Å². The van der Waals surface area contributed by atoms with Crippen molar-refractivity contribution >= 4 is 39.1 Å². The number of hydrogen-bond donors (Lipinski definition) is 2. The fourth-order valence-corrected chi connectivity index (χ4v) is 5.82. The standard InChI is InChI=1S/C22H24ClN3O5S/c1-14-9-18-19(31-13-21(27)25-18)10-20(14)32(29,30)26-8-2-3-16(12-26)22(28)24-11-15-4-6-17(23)7-5-15/h4-7,9-10,16H,2-3,8,11-13H2,1H3,(H,24,28)(H,25,27). The molecule has 2 aliphatic heterocycles. The Morgan fingerprint density at radius 3 is 2.78 bits per heavy atom. The molecular formula is C22H24ClN3O5S. The van der Waals surface area contributed by atoms with E-state index in [2.05, 4.69) is 10.6 Å². The maximum Gasteiger partial charge on any atom is 0.262 e. The Hall–Kier alpha value is -2.62. The molecule has 2 amide bonds. The fourth-order valence-electron chi connectivity index (χ4n) is 3.94. The number of nitrogens with zero attached hydrogens (tertiary/aromatic N) is 1. The Balaban J connectivity index is 1.47. The third-order valence-corrected chi connectivity index (χ3v) is 7.92. The first-order valence-electron chi connectivity index (χ1n) is 10.3. The number of carbonyl (C=O) groups is 2. The molecule has 8 nitrogen and oxygen atoms in total. The van der Waals surface area contributed by atoms with Gasteiger partial charge < -0.3 is 15.4 Å². The molecule has 1 atom stereocenters. The van der Waals surface area contributed by atoms with Gasteiger partial charge in [0.1, 0.15) is 5.75 Å². The third kappa shape index (κ3) is 4.74. The van der Waals surface area contributed by atoms with E-state index in [1.165, 1.54) is 10.4 Å². The van der Waals surface area contributed by atoms with Gasteiger partial charge in [0.05, 0.1) is 16.5 Å². The molecule has 1 unspecified atom stereocenters. The van der Waals surface area contributed by atoms with Gasteiger partial charge in [0.15, 0.2) is 6.61 Å². The lowest BCUT2D eigenvalue weighted by Crippen LogP contribution is -2.45. The van der Waals surface area contributed by atoms with Crippen LogP contribution < -0.4 is 15.4 Å². The lowest BCUT2D eigenvalue weighted by Gasteiger charge is -2.32. The lowest BCUT2D eigenvalue weighted by atomic mass is 9.99. The molecular weight excluding hydrogens is 454 g/mol. The molecule has 2 aromatic rings.